The van der Waals surface area contributed by atoms with E-state index in [9.17, 15) is 0 Å². The van der Waals surface area contributed by atoms with Crippen LogP contribution >= 0.6 is 0 Å². The Morgan fingerprint density at radius 3 is 0.603 bits per heavy atom. The molecule has 0 saturated heterocycles. The summed E-state index contributed by atoms with van der Waals surface area (Å²) < 4.78 is 21.9. The molecule has 32 aliphatic rings. The third kappa shape index (κ3) is 29.6. The Morgan fingerprint density at radius 1 is 0.270 bits per heavy atom. The van der Waals surface area contributed by atoms with E-state index in [1.165, 1.54) is 105 Å². The summed E-state index contributed by atoms with van der Waals surface area (Å²) in [4.78, 5) is 9.41. The van der Waals surface area contributed by atoms with Crippen molar-refractivity contribution < 1.29 is 111 Å². The molecule has 17 aromatic rings. The van der Waals surface area contributed by atoms with Crippen LogP contribution in [0.4, 0.5) is 0 Å². The molecule has 0 amide bonds. The van der Waals surface area contributed by atoms with Crippen molar-refractivity contribution in [3.63, 3.8) is 0 Å². The third-order valence-electron chi connectivity index (χ3n) is 20.3. The normalized spacial score (nSPS) is 10.9. The largest absolute Gasteiger partial charge is 0.373 e. The van der Waals surface area contributed by atoms with Crippen molar-refractivity contribution in [1.82, 2.24) is 25.4 Å². The molecular formula is C106H110N18Y2+8. The predicted octanol–water partition coefficient (Wildman–Crippen LogP) is 16.8. The molecule has 49 rings (SSSR count). The third-order valence-corrected chi connectivity index (χ3v) is 20.3. The second kappa shape index (κ2) is 52.5. The van der Waals surface area contributed by atoms with Gasteiger partial charge in [0.15, 0.2) is 183 Å². The Morgan fingerprint density at radius 2 is 0.437 bits per heavy atom. The maximum atomic E-state index is 6.75. The number of pyridine rings is 12. The van der Waals surface area contributed by atoms with Gasteiger partial charge in [0.1, 0.15) is 0 Å². The van der Waals surface area contributed by atoms with Gasteiger partial charge in [0, 0.05) is 262 Å². The number of benzene rings is 4. The summed E-state index contributed by atoms with van der Waals surface area (Å²) in [6, 6.07) is 87.2. The van der Waals surface area contributed by atoms with Crippen LogP contribution in [0.15, 0.2) is 398 Å². The fraction of sp³-hybridized carbons (Fsp3) is 0.170. The number of hydrogen-bond acceptors (Lipinski definition) is 4. The Hall–Kier alpha value is -13.1. The number of aromatic nitrogens is 15. The Balaban J connectivity index is 0.000000194. The standard InChI is InChI=1S/2C36H32N4.C16H14N5.C10H8N2.4C2H6.N3.2Y/c2*1-2-30-4-3-29(1)25-37-17-9-33(10-18-37)35-13-21-39(22-14-35)27-31-5-7-32(8-6-31)28-40-23-15-36(16-24-40)34-11-19-38(26-30)20-12-34;1-2-7-20-8-3-14(4-9-20)15-5-10-21(11-6-15)13-16-12-17-19-18-16;1-5-11-6-2-9(1)10-3-7-12-8-4-10;4*1-2;1-3-2;;/h2*1-24H,25-28H2;1,3-6,8-12H,7,13H2;1-8H;4*1-2H3;;;/q2*+4;+1;;;;;;-1;;. The molecule has 0 aliphatic carbocycles. The van der Waals surface area contributed by atoms with Crippen molar-refractivity contribution in [1.29, 1.82) is 0 Å². The number of nitrogens with zero attached hydrogens (tertiary/aromatic N) is 18. The molecule has 4 aromatic carbocycles. The molecule has 0 fully saturated rings. The molecule has 126 heavy (non-hydrogen) atoms. The van der Waals surface area contributed by atoms with Gasteiger partial charge >= 0.3 is 0 Å². The zero-order chi connectivity index (χ0) is 86.9. The van der Waals surface area contributed by atoms with E-state index in [2.05, 4.69) is 385 Å². The fourth-order valence-corrected chi connectivity index (χ4v) is 13.9. The molecule has 20 heteroatoms. The second-order valence-corrected chi connectivity index (χ2v) is 28.5. The molecule has 18 nitrogen and oxygen atoms in total. The monoisotopic (exact) mass is 1810 g/mol. The Kier molecular flexibility index (Phi) is 40.3. The van der Waals surface area contributed by atoms with Crippen LogP contribution in [0.5, 0.6) is 0 Å². The second-order valence-electron chi connectivity index (χ2n) is 28.5. The SMILES string of the molecule is C#CC[n+]1ccc(-c2cc[n+](Cc3c[n-]nn3)cc2)cc1.CC.CC.CC.CC.[N-]=[N+]=[N-].[Y].[Y].c1cc(-c2ccncc2)ccn1.c1cc2ccc1C[n+]1ccc(cc1)-c1cc[n+](cc1)Cc1ccc(cc1)C[n+]1ccc(cc1)-c1cc[n+](cc1)C2.c1cc2ccc1C[n+]1ccc(cc1)-c1cc[n+](cc1)Cc1ccc(cc1)C[n+]1ccc(cc1)-c1cc[n+](cc1)C2. The molecule has 0 unspecified atom stereocenters. The molecule has 45 heterocycles. The topological polar surface area (TPSA) is 163 Å². The molecule has 24 bridgehead atoms. The summed E-state index contributed by atoms with van der Waals surface area (Å²) in [5, 5.41) is 11.2. The van der Waals surface area contributed by atoms with Gasteiger partial charge in [-0.15, -0.1) is 6.42 Å². The molecule has 32 aliphatic heterocycles. The first-order valence-corrected chi connectivity index (χ1v) is 42.5. The van der Waals surface area contributed by atoms with E-state index in [0.717, 1.165) is 69.2 Å². The van der Waals surface area contributed by atoms with Crippen molar-refractivity contribution >= 4 is 0 Å². The first kappa shape index (κ1) is 96.7. The van der Waals surface area contributed by atoms with Gasteiger partial charge in [0.2, 0.25) is 6.54 Å². The van der Waals surface area contributed by atoms with E-state index in [-0.39, 0.29) is 65.4 Å². The Labute approximate surface area is 793 Å². The van der Waals surface area contributed by atoms with E-state index in [1.807, 2.05) is 114 Å². The average molecular weight is 1810 g/mol. The molecule has 0 spiro atoms. The molecule has 0 N–H and O–H groups in total. The minimum absolute atomic E-state index is 0. The zero-order valence-corrected chi connectivity index (χ0v) is 79.1. The summed E-state index contributed by atoms with van der Waals surface area (Å²) in [5.74, 6) is 2.62. The smallest absolute Gasteiger partial charge is 0.208 e. The fourth-order valence-electron chi connectivity index (χ4n) is 13.9. The van der Waals surface area contributed by atoms with E-state index in [0.29, 0.717) is 13.1 Å². The average Bonchev–Trinajstić information content (AvgIpc) is 0.918. The zero-order valence-electron chi connectivity index (χ0n) is 73.4. The van der Waals surface area contributed by atoms with Gasteiger partial charge in [-0.3, -0.25) is 20.1 Å². The van der Waals surface area contributed by atoms with Crippen molar-refractivity contribution in [2.45, 2.75) is 121 Å². The molecule has 2 radical (unpaired) electrons. The summed E-state index contributed by atoms with van der Waals surface area (Å²) in [6.45, 7) is 24.1. The van der Waals surface area contributed by atoms with Crippen molar-refractivity contribution in [3.05, 3.63) is 464 Å². The van der Waals surface area contributed by atoms with Gasteiger partial charge in [-0.05, 0) is 96.9 Å². The van der Waals surface area contributed by atoms with Crippen LogP contribution in [0.2, 0.25) is 0 Å². The summed E-state index contributed by atoms with van der Waals surface area (Å²) >= 11 is 0. The maximum Gasteiger partial charge on any atom is 0.208 e. The maximum absolute atomic E-state index is 6.75. The van der Waals surface area contributed by atoms with Crippen molar-refractivity contribution in [2.24, 2.45) is 0 Å². The van der Waals surface area contributed by atoms with Crippen LogP contribution in [0.25, 0.3) is 82.7 Å². The van der Waals surface area contributed by atoms with Crippen LogP contribution in [0.1, 0.15) is 106 Å². The summed E-state index contributed by atoms with van der Waals surface area (Å²) in [6.07, 6.45) is 56.9. The van der Waals surface area contributed by atoms with E-state index >= 15 is 0 Å². The minimum atomic E-state index is 0. The van der Waals surface area contributed by atoms with Crippen molar-refractivity contribution in [3.8, 4) is 79.1 Å². The van der Waals surface area contributed by atoms with Crippen LogP contribution in [0.3, 0.4) is 0 Å². The van der Waals surface area contributed by atoms with Crippen LogP contribution in [-0.4, -0.2) is 20.3 Å². The van der Waals surface area contributed by atoms with Gasteiger partial charge in [0.25, 0.3) is 0 Å². The van der Waals surface area contributed by atoms with Crippen LogP contribution < -0.4 is 50.8 Å². The minimum Gasteiger partial charge on any atom is -0.373 e. The van der Waals surface area contributed by atoms with Gasteiger partial charge in [-0.2, -0.15) is 4.57 Å². The summed E-state index contributed by atoms with van der Waals surface area (Å²) in [5.41, 5.74) is 39.2. The van der Waals surface area contributed by atoms with Gasteiger partial charge < -0.3 is 21.3 Å². The molecule has 0 saturated carbocycles. The van der Waals surface area contributed by atoms with Gasteiger partial charge in [-0.25, -0.2) is 41.1 Å². The summed E-state index contributed by atoms with van der Waals surface area (Å²) in [7, 11) is 0. The number of hydrogen-bond donors (Lipinski definition) is 0. The van der Waals surface area contributed by atoms with Crippen LogP contribution in [-0.2, 0) is 131 Å². The van der Waals surface area contributed by atoms with Gasteiger partial charge in [0.05, 0.1) is 0 Å². The molecule has 0 atom stereocenters. The van der Waals surface area contributed by atoms with Gasteiger partial charge in [-0.1, -0.05) is 159 Å². The predicted molar refractivity (Wildman–Crippen MR) is 486 cm³/mol. The van der Waals surface area contributed by atoms with E-state index in [4.69, 9.17) is 17.5 Å². The number of terminal acetylenes is 1. The number of rotatable bonds is 5. The first-order chi connectivity index (χ1) is 61.2. The Bertz CT molecular complexity index is 5190. The van der Waals surface area contributed by atoms with E-state index < -0.39 is 0 Å². The molecule has 622 valence electrons. The molecule has 13 aromatic heterocycles. The first-order valence-electron chi connectivity index (χ1n) is 42.5. The quantitative estimate of drug-likeness (QED) is 0.0550. The van der Waals surface area contributed by atoms with E-state index in [1.54, 1.807) is 31.0 Å². The van der Waals surface area contributed by atoms with Crippen LogP contribution in [0, 0.1) is 12.3 Å². The molecular weight excluding hydrogens is 1700 g/mol. The van der Waals surface area contributed by atoms with Crippen molar-refractivity contribution in [2.75, 3.05) is 0 Å².